The Morgan fingerprint density at radius 1 is 0.417 bits per heavy atom. The minimum absolute atomic E-state index is 0.564. The van der Waals surface area contributed by atoms with Crippen molar-refractivity contribution in [2.24, 2.45) is 0 Å². The summed E-state index contributed by atoms with van der Waals surface area (Å²) < 4.78 is 8.83. The van der Waals surface area contributed by atoms with Gasteiger partial charge in [0.1, 0.15) is 11.2 Å². The predicted octanol–water partition coefficient (Wildman–Crippen LogP) is 11.0. The zero-order valence-electron chi connectivity index (χ0n) is 25.7. The van der Waals surface area contributed by atoms with E-state index in [1.807, 2.05) is 48.5 Å². The highest BCUT2D eigenvalue weighted by molar-refractivity contribution is 6.22. The first kappa shape index (κ1) is 26.6. The molecule has 0 fully saturated rings. The van der Waals surface area contributed by atoms with Crippen molar-refractivity contribution in [2.75, 3.05) is 0 Å². The van der Waals surface area contributed by atoms with E-state index in [0.29, 0.717) is 17.6 Å². The number of furan rings is 1. The van der Waals surface area contributed by atoms with Gasteiger partial charge in [-0.25, -0.2) is 4.98 Å². The zero-order chi connectivity index (χ0) is 31.6. The van der Waals surface area contributed by atoms with Gasteiger partial charge in [0.2, 0.25) is 5.95 Å². The minimum Gasteiger partial charge on any atom is -0.455 e. The van der Waals surface area contributed by atoms with E-state index in [4.69, 9.17) is 19.4 Å². The molecule has 5 heteroatoms. The molecular weight excluding hydrogens is 589 g/mol. The maximum Gasteiger partial charge on any atom is 0.238 e. The summed E-state index contributed by atoms with van der Waals surface area (Å²) in [7, 11) is 0. The van der Waals surface area contributed by atoms with Crippen molar-refractivity contribution in [1.82, 2.24) is 19.5 Å². The molecule has 0 radical (unpaired) electrons. The Kier molecular flexibility index (Phi) is 5.81. The Morgan fingerprint density at radius 3 is 1.73 bits per heavy atom. The molecule has 48 heavy (non-hydrogen) atoms. The van der Waals surface area contributed by atoms with Gasteiger partial charge in [-0.1, -0.05) is 133 Å². The molecule has 224 valence electrons. The van der Waals surface area contributed by atoms with Gasteiger partial charge in [0.15, 0.2) is 11.6 Å². The molecule has 0 amide bonds. The largest absolute Gasteiger partial charge is 0.455 e. The summed E-state index contributed by atoms with van der Waals surface area (Å²) in [4.78, 5) is 15.7. The average molecular weight is 615 g/mol. The van der Waals surface area contributed by atoms with Crippen LogP contribution in [0.25, 0.3) is 94.4 Å². The van der Waals surface area contributed by atoms with Crippen LogP contribution in [0.3, 0.4) is 0 Å². The third-order valence-corrected chi connectivity index (χ3v) is 9.27. The first-order valence-electron chi connectivity index (χ1n) is 16.0. The summed E-state index contributed by atoms with van der Waals surface area (Å²) in [5.41, 5.74) is 7.80. The van der Waals surface area contributed by atoms with Crippen LogP contribution in [0.15, 0.2) is 162 Å². The molecule has 0 N–H and O–H groups in total. The van der Waals surface area contributed by atoms with Crippen LogP contribution in [0, 0.1) is 0 Å². The maximum absolute atomic E-state index is 6.68. The molecule has 0 unspecified atom stereocenters. The van der Waals surface area contributed by atoms with Gasteiger partial charge in [-0.2, -0.15) is 9.97 Å². The van der Waals surface area contributed by atoms with Crippen molar-refractivity contribution in [3.05, 3.63) is 158 Å². The van der Waals surface area contributed by atoms with Gasteiger partial charge in [0, 0.05) is 38.1 Å². The zero-order valence-corrected chi connectivity index (χ0v) is 25.7. The van der Waals surface area contributed by atoms with Crippen LogP contribution in [-0.2, 0) is 0 Å². The van der Waals surface area contributed by atoms with Gasteiger partial charge in [-0.05, 0) is 40.8 Å². The highest BCUT2D eigenvalue weighted by Crippen LogP contribution is 2.43. The summed E-state index contributed by atoms with van der Waals surface area (Å²) in [6.07, 6.45) is 0. The smallest absolute Gasteiger partial charge is 0.238 e. The van der Waals surface area contributed by atoms with Crippen molar-refractivity contribution in [3.8, 4) is 39.9 Å². The first-order valence-corrected chi connectivity index (χ1v) is 16.0. The molecule has 10 aromatic rings. The molecule has 10 rings (SSSR count). The third kappa shape index (κ3) is 4.01. The summed E-state index contributed by atoms with van der Waals surface area (Å²) >= 11 is 0. The topological polar surface area (TPSA) is 56.7 Å². The Balaban J connectivity index is 1.35. The number of fused-ring (bicyclic) bond motifs is 8. The summed E-state index contributed by atoms with van der Waals surface area (Å²) in [6, 6.07) is 54.3. The maximum atomic E-state index is 6.68. The number of para-hydroxylation sites is 3. The lowest BCUT2D eigenvalue weighted by Gasteiger charge is -2.13. The normalized spacial score (nSPS) is 11.8. The Bertz CT molecular complexity index is 2780. The molecule has 0 spiro atoms. The van der Waals surface area contributed by atoms with Crippen molar-refractivity contribution in [3.63, 3.8) is 0 Å². The summed E-state index contributed by atoms with van der Waals surface area (Å²) in [6.45, 7) is 0. The molecule has 0 bridgehead atoms. The predicted molar refractivity (Wildman–Crippen MR) is 195 cm³/mol. The molecule has 7 aromatic carbocycles. The number of benzene rings is 7. The highest BCUT2D eigenvalue weighted by atomic mass is 16.3. The Hall–Kier alpha value is -6.59. The summed E-state index contributed by atoms with van der Waals surface area (Å²) in [5.74, 6) is 1.76. The van der Waals surface area contributed by atoms with E-state index in [1.165, 1.54) is 0 Å². The van der Waals surface area contributed by atoms with Crippen LogP contribution in [0.1, 0.15) is 0 Å². The van der Waals surface area contributed by atoms with E-state index in [9.17, 15) is 0 Å². The number of rotatable bonds is 4. The molecule has 0 atom stereocenters. The second kappa shape index (κ2) is 10.5. The van der Waals surface area contributed by atoms with Gasteiger partial charge >= 0.3 is 0 Å². The molecule has 5 nitrogen and oxygen atoms in total. The quantitative estimate of drug-likeness (QED) is 0.198. The van der Waals surface area contributed by atoms with Crippen LogP contribution in [-0.4, -0.2) is 19.5 Å². The van der Waals surface area contributed by atoms with E-state index in [-0.39, 0.29) is 0 Å². The van der Waals surface area contributed by atoms with Crippen LogP contribution >= 0.6 is 0 Å². The Morgan fingerprint density at radius 2 is 1.00 bits per heavy atom. The molecule has 0 saturated heterocycles. The molecular formula is C43H26N4O. The fourth-order valence-corrected chi connectivity index (χ4v) is 7.12. The molecule has 0 saturated carbocycles. The number of nitrogens with zero attached hydrogens (tertiary/aromatic N) is 4. The molecule has 3 aromatic heterocycles. The van der Waals surface area contributed by atoms with Crippen LogP contribution in [0.5, 0.6) is 0 Å². The monoisotopic (exact) mass is 614 g/mol. The van der Waals surface area contributed by atoms with Crippen LogP contribution < -0.4 is 0 Å². The second-order valence-corrected chi connectivity index (χ2v) is 12.0. The lowest BCUT2D eigenvalue weighted by atomic mass is 9.93. The van der Waals surface area contributed by atoms with E-state index in [2.05, 4.69) is 114 Å². The minimum atomic E-state index is 0.564. The fourth-order valence-electron chi connectivity index (χ4n) is 7.12. The van der Waals surface area contributed by atoms with E-state index in [0.717, 1.165) is 76.8 Å². The van der Waals surface area contributed by atoms with Crippen molar-refractivity contribution in [2.45, 2.75) is 0 Å². The van der Waals surface area contributed by atoms with E-state index in [1.54, 1.807) is 0 Å². The van der Waals surface area contributed by atoms with Crippen LogP contribution in [0.2, 0.25) is 0 Å². The standard InChI is InChI=1S/C43H26N4O/c1-3-14-27(15-4-1)29-21-13-22-32-34(29)26-35(39-33-20-9-12-25-38(33)48-40(32)39)42-44-41(28-16-5-2-6-17-28)45-43(46-42)47-36-23-10-7-18-30(36)31-19-8-11-24-37(31)47/h1-26H. The van der Waals surface area contributed by atoms with Crippen molar-refractivity contribution >= 4 is 54.5 Å². The average Bonchev–Trinajstić information content (AvgIpc) is 3.72. The van der Waals surface area contributed by atoms with Crippen LogP contribution in [0.4, 0.5) is 0 Å². The highest BCUT2D eigenvalue weighted by Gasteiger charge is 2.22. The molecule has 3 heterocycles. The van der Waals surface area contributed by atoms with Gasteiger partial charge < -0.3 is 4.42 Å². The second-order valence-electron chi connectivity index (χ2n) is 12.0. The van der Waals surface area contributed by atoms with E-state index >= 15 is 0 Å². The number of hydrogen-bond acceptors (Lipinski definition) is 4. The van der Waals surface area contributed by atoms with E-state index < -0.39 is 0 Å². The first-order chi connectivity index (χ1) is 23.8. The molecule has 0 aliphatic heterocycles. The van der Waals surface area contributed by atoms with Crippen molar-refractivity contribution < 1.29 is 4.42 Å². The fraction of sp³-hybridized carbons (Fsp3) is 0. The SMILES string of the molecule is c1ccc(-c2nc(-c3cc4c(-c5ccccc5)cccc4c4oc5ccccc5c34)nc(-n3c4ccccc4c4ccccc43)n2)cc1. The van der Waals surface area contributed by atoms with Gasteiger partial charge in [0.05, 0.1) is 11.0 Å². The van der Waals surface area contributed by atoms with Gasteiger partial charge in [-0.3, -0.25) is 4.57 Å². The Labute approximate surface area is 275 Å². The van der Waals surface area contributed by atoms with Gasteiger partial charge in [-0.15, -0.1) is 0 Å². The third-order valence-electron chi connectivity index (χ3n) is 9.27. The summed E-state index contributed by atoms with van der Waals surface area (Å²) in [5, 5.41) is 6.43. The van der Waals surface area contributed by atoms with Crippen molar-refractivity contribution in [1.29, 1.82) is 0 Å². The lowest BCUT2D eigenvalue weighted by Crippen LogP contribution is -2.06. The van der Waals surface area contributed by atoms with Gasteiger partial charge in [0.25, 0.3) is 0 Å². The lowest BCUT2D eigenvalue weighted by molar-refractivity contribution is 0.672. The molecule has 0 aliphatic carbocycles. The number of hydrogen-bond donors (Lipinski definition) is 0. The number of aromatic nitrogens is 4. The molecule has 0 aliphatic rings.